The van der Waals surface area contributed by atoms with Crippen molar-refractivity contribution < 1.29 is 160 Å². The average Bonchev–Trinajstić information content (AvgIpc) is 2.91. The van der Waals surface area contributed by atoms with Crippen molar-refractivity contribution in [2.75, 3.05) is 26.2 Å². The number of amides is 4. The van der Waals surface area contributed by atoms with Gasteiger partial charge in [-0.25, -0.2) is 25.6 Å². The first kappa shape index (κ1) is 48.9. The molecule has 22 heteroatoms. The van der Waals surface area contributed by atoms with Crippen LogP contribution in [0.15, 0.2) is 0 Å². The molecule has 0 spiro atoms. The summed E-state index contributed by atoms with van der Waals surface area (Å²) in [4.78, 5) is 48.3. The Morgan fingerprint density at radius 2 is 0.826 bits per heavy atom. The summed E-state index contributed by atoms with van der Waals surface area (Å²) in [6, 6.07) is 0. The molecule has 0 unspecified atom stereocenters. The third-order valence-corrected chi connectivity index (χ3v) is 12.1. The van der Waals surface area contributed by atoms with Crippen LogP contribution in [0.25, 0.3) is 0 Å². The van der Waals surface area contributed by atoms with Crippen LogP contribution in [0.3, 0.4) is 0 Å². The molecule has 0 atom stereocenters. The number of hydrogen-bond acceptors (Lipinski definition) is 10. The van der Waals surface area contributed by atoms with Gasteiger partial charge in [0, 0.05) is 26.2 Å². The first-order valence-electron chi connectivity index (χ1n) is 14.3. The summed E-state index contributed by atoms with van der Waals surface area (Å²) < 4.78 is 113. The smallest absolute Gasteiger partial charge is 0.273 e. The quantitative estimate of drug-likeness (QED) is 0.132. The van der Waals surface area contributed by atoms with Crippen molar-refractivity contribution in [3.8, 4) is 0 Å². The number of nitrogens with zero attached hydrogens (tertiary/aromatic N) is 4. The topological polar surface area (TPSA) is 184 Å². The van der Waals surface area contributed by atoms with E-state index in [2.05, 4.69) is 0 Å². The molecule has 46 heavy (non-hydrogen) atoms. The molecule has 0 aromatic heterocycles. The van der Waals surface area contributed by atoms with E-state index in [1.807, 2.05) is 13.8 Å². The fourth-order valence-corrected chi connectivity index (χ4v) is 8.64. The van der Waals surface area contributed by atoms with Crippen molar-refractivity contribution in [2.45, 2.75) is 96.7 Å². The molecule has 256 valence electrons. The second-order valence-corrected chi connectivity index (χ2v) is 15.7. The van der Waals surface area contributed by atoms with Crippen molar-refractivity contribution in [1.29, 1.82) is 0 Å². The molecule has 0 aromatic rings. The Morgan fingerprint density at radius 1 is 0.587 bits per heavy atom. The van der Waals surface area contributed by atoms with Gasteiger partial charge in [0.25, 0.3) is 21.7 Å². The zero-order valence-corrected chi connectivity index (χ0v) is 36.1. The number of carbonyl (C=O) groups is 4. The standard InChI is InChI=1S/C12H19F3N2O6S2.C12H22N2O4S.2K/c1-3-5-7-16-10(18)9(24(20,21)12(13,14)15)11(19)17(8-6-4-2)25(16,22)23;1-4-6-8-13-11(15)10(3)12(16)14(9-7-5-2)19(13,17)18;;/h9H,3-8H2,1-2H3;10H,4-9H2,1-3H3;;/q;;2*+1. The zero-order valence-electron chi connectivity index (χ0n) is 27.4. The van der Waals surface area contributed by atoms with Crippen LogP contribution in [-0.4, -0.2) is 103 Å². The van der Waals surface area contributed by atoms with Gasteiger partial charge < -0.3 is 0 Å². The number of rotatable bonds is 13. The summed E-state index contributed by atoms with van der Waals surface area (Å²) in [5, 5.41) is -3.13. The molecule has 0 aromatic carbocycles. The summed E-state index contributed by atoms with van der Waals surface area (Å²) in [6.45, 7) is 7.90. The van der Waals surface area contributed by atoms with Gasteiger partial charge in [0.2, 0.25) is 17.1 Å². The molecule has 14 nitrogen and oxygen atoms in total. The summed E-state index contributed by atoms with van der Waals surface area (Å²) in [7, 11) is -14.9. The van der Waals surface area contributed by atoms with Crippen LogP contribution in [0.1, 0.15) is 86.0 Å². The first-order chi connectivity index (χ1) is 20.2. The van der Waals surface area contributed by atoms with Gasteiger partial charge in [0.1, 0.15) is 5.92 Å². The summed E-state index contributed by atoms with van der Waals surface area (Å²) in [5.41, 5.74) is -5.86. The minimum Gasteiger partial charge on any atom is -0.273 e. The van der Waals surface area contributed by atoms with Crippen LogP contribution in [0, 0.1) is 5.92 Å². The Morgan fingerprint density at radius 3 is 1.04 bits per heavy atom. The second-order valence-electron chi connectivity index (χ2n) is 10.2. The Bertz CT molecular complexity index is 1330. The number of alkyl halides is 3. The number of carbonyl (C=O) groups excluding carboxylic acids is 4. The van der Waals surface area contributed by atoms with Gasteiger partial charge in [-0.3, -0.25) is 19.2 Å². The largest absolute Gasteiger partial charge is 1.00 e. The van der Waals surface area contributed by atoms with E-state index in [0.29, 0.717) is 25.7 Å². The summed E-state index contributed by atoms with van der Waals surface area (Å²) >= 11 is 0. The molecule has 0 aliphatic carbocycles. The van der Waals surface area contributed by atoms with E-state index in [4.69, 9.17) is 0 Å². The molecule has 0 radical (unpaired) electrons. The van der Waals surface area contributed by atoms with Gasteiger partial charge in [0.15, 0.2) is 0 Å². The Labute approximate surface area is 355 Å². The third-order valence-electron chi connectivity index (χ3n) is 6.78. The molecule has 0 bridgehead atoms. The molecule has 2 rings (SSSR count). The Kier molecular flexibility index (Phi) is 21.9. The molecule has 2 aliphatic rings. The monoisotopic (exact) mass is 776 g/mol. The summed E-state index contributed by atoms with van der Waals surface area (Å²) in [5.74, 6) is -5.89. The number of sulfone groups is 1. The Hall–Kier alpha value is 0.793. The van der Waals surface area contributed by atoms with Gasteiger partial charge in [-0.15, -0.1) is 0 Å². The Balaban J connectivity index is 0. The second kappa shape index (κ2) is 20.6. The zero-order chi connectivity index (χ0) is 34.3. The SMILES string of the molecule is CCCCN1C(=O)C(C)C(=O)N(CCCC)S1(=O)=O.CCCCN1C(=O)C(S(=O)(=O)C(F)(F)F)C(=O)N(CCCC)S1(=O)=O.[K+].[K+]. The first-order valence-corrected chi connectivity index (χ1v) is 18.6. The van der Waals surface area contributed by atoms with Gasteiger partial charge in [-0.1, -0.05) is 53.4 Å². The fraction of sp³-hybridized carbons (Fsp3) is 0.833. The molecule has 2 saturated heterocycles. The molecule has 0 saturated carbocycles. The minimum absolute atomic E-state index is 0. The molecule has 2 fully saturated rings. The van der Waals surface area contributed by atoms with Gasteiger partial charge in [0.05, 0.1) is 0 Å². The van der Waals surface area contributed by atoms with E-state index in [1.165, 1.54) is 6.92 Å². The van der Waals surface area contributed by atoms with Crippen LogP contribution in [0.4, 0.5) is 13.2 Å². The van der Waals surface area contributed by atoms with Crippen molar-refractivity contribution in [3.05, 3.63) is 0 Å². The van der Waals surface area contributed by atoms with E-state index < -0.39 is 83.7 Å². The maximum Gasteiger partial charge on any atom is 1.00 e. The number of hydrogen-bond donors (Lipinski definition) is 0. The van der Waals surface area contributed by atoms with Crippen molar-refractivity contribution in [3.63, 3.8) is 0 Å². The van der Waals surface area contributed by atoms with Gasteiger partial charge in [-0.05, 0) is 32.6 Å². The minimum atomic E-state index is -6.21. The van der Waals surface area contributed by atoms with E-state index in [1.54, 1.807) is 13.8 Å². The molecule has 2 heterocycles. The van der Waals surface area contributed by atoms with Gasteiger partial charge in [-0.2, -0.15) is 30.0 Å². The predicted molar refractivity (Wildman–Crippen MR) is 152 cm³/mol. The van der Waals surface area contributed by atoms with E-state index in [-0.39, 0.29) is 137 Å². The van der Waals surface area contributed by atoms with Crippen LogP contribution in [-0.2, 0) is 49.4 Å². The molecule has 2 aliphatic heterocycles. The van der Waals surface area contributed by atoms with Crippen LogP contribution in [0.2, 0.25) is 0 Å². The molecule has 0 N–H and O–H groups in total. The maximum absolute atomic E-state index is 12.8. The predicted octanol–water partition coefficient (Wildman–Crippen LogP) is -4.05. The third kappa shape index (κ3) is 11.1. The number of unbranched alkanes of at least 4 members (excludes halogenated alkanes) is 4. The van der Waals surface area contributed by atoms with Gasteiger partial charge >= 0.3 is 129 Å². The van der Waals surface area contributed by atoms with E-state index >= 15 is 0 Å². The molecule has 4 amide bonds. The van der Waals surface area contributed by atoms with Crippen molar-refractivity contribution in [1.82, 2.24) is 17.2 Å². The van der Waals surface area contributed by atoms with Crippen LogP contribution >= 0.6 is 0 Å². The van der Waals surface area contributed by atoms with Crippen molar-refractivity contribution in [2.24, 2.45) is 5.92 Å². The van der Waals surface area contributed by atoms with E-state index in [9.17, 15) is 57.6 Å². The number of halogens is 3. The van der Waals surface area contributed by atoms with Crippen LogP contribution < -0.4 is 103 Å². The van der Waals surface area contributed by atoms with Crippen LogP contribution in [0.5, 0.6) is 0 Å². The molecular weight excluding hydrogens is 736 g/mol. The van der Waals surface area contributed by atoms with Crippen molar-refractivity contribution >= 4 is 53.9 Å². The fourth-order valence-electron chi connectivity index (χ4n) is 4.11. The average molecular weight is 777 g/mol. The van der Waals surface area contributed by atoms with E-state index in [0.717, 1.165) is 21.5 Å². The molecular formula is C24H41F3K2N4O10S3+2. The normalized spacial score (nSPS) is 19.0. The summed E-state index contributed by atoms with van der Waals surface area (Å²) in [6.07, 6.45) is 3.81. The maximum atomic E-state index is 12.8.